The highest BCUT2D eigenvalue weighted by molar-refractivity contribution is 5.78. The molecule has 0 amide bonds. The van der Waals surface area contributed by atoms with E-state index in [9.17, 15) is 13.2 Å². The van der Waals surface area contributed by atoms with Gasteiger partial charge in [-0.1, -0.05) is 19.9 Å². The summed E-state index contributed by atoms with van der Waals surface area (Å²) in [4.78, 5) is 4.39. The van der Waals surface area contributed by atoms with Crippen LogP contribution in [0.15, 0.2) is 18.2 Å². The van der Waals surface area contributed by atoms with Crippen molar-refractivity contribution in [2.75, 3.05) is 0 Å². The first-order valence-electron chi connectivity index (χ1n) is 7.93. The fourth-order valence-corrected chi connectivity index (χ4v) is 3.95. The zero-order valence-electron chi connectivity index (χ0n) is 12.7. The zero-order chi connectivity index (χ0) is 15.6. The summed E-state index contributed by atoms with van der Waals surface area (Å²) in [6.45, 7) is 4.42. The van der Waals surface area contributed by atoms with Crippen molar-refractivity contribution < 1.29 is 13.2 Å². The molecule has 1 saturated carbocycles. The molecule has 4 rings (SSSR count). The summed E-state index contributed by atoms with van der Waals surface area (Å²) in [6, 6.07) is 4.46. The monoisotopic (exact) mass is 308 g/mol. The number of nitrogens with zero attached hydrogens (tertiary/aromatic N) is 2. The van der Waals surface area contributed by atoms with Crippen molar-refractivity contribution in [2.24, 2.45) is 11.8 Å². The maximum atomic E-state index is 13.2. The summed E-state index contributed by atoms with van der Waals surface area (Å²) in [5, 5.41) is 0. The molecule has 1 aromatic carbocycles. The number of benzene rings is 1. The first-order chi connectivity index (χ1) is 10.4. The number of alkyl halides is 3. The van der Waals surface area contributed by atoms with Crippen LogP contribution in [0.1, 0.15) is 50.0 Å². The molecule has 22 heavy (non-hydrogen) atoms. The van der Waals surface area contributed by atoms with E-state index in [-0.39, 0.29) is 6.42 Å². The average Bonchev–Trinajstić information content (AvgIpc) is 2.99. The fourth-order valence-electron chi connectivity index (χ4n) is 3.95. The summed E-state index contributed by atoms with van der Waals surface area (Å²) in [5.41, 5.74) is 2.51. The molecule has 0 saturated heterocycles. The Labute approximate surface area is 127 Å². The molecule has 3 atom stereocenters. The van der Waals surface area contributed by atoms with Crippen LogP contribution < -0.4 is 0 Å². The average molecular weight is 308 g/mol. The van der Waals surface area contributed by atoms with E-state index in [2.05, 4.69) is 18.8 Å². The van der Waals surface area contributed by atoms with Gasteiger partial charge in [0, 0.05) is 6.42 Å². The molecular weight excluding hydrogens is 289 g/mol. The number of hydrogen-bond donors (Lipinski definition) is 0. The standard InChI is InChI=1S/C17H19F3N2/c1-9(2)11-8-12(11)10-3-4-13-14(7-10)22-15(17(18,19)20)5-6-16(22)21-13/h3-4,7,9,11-12,15H,5-6,8H2,1-2H3/t11-,12-,15-/m0/s1. The van der Waals surface area contributed by atoms with Crippen molar-refractivity contribution in [3.63, 3.8) is 0 Å². The van der Waals surface area contributed by atoms with Gasteiger partial charge in [-0.3, -0.25) is 0 Å². The number of hydrogen-bond acceptors (Lipinski definition) is 1. The van der Waals surface area contributed by atoms with Crippen molar-refractivity contribution in [1.29, 1.82) is 0 Å². The van der Waals surface area contributed by atoms with E-state index in [1.807, 2.05) is 18.2 Å². The molecule has 0 spiro atoms. The molecule has 2 nitrogen and oxygen atoms in total. The highest BCUT2D eigenvalue weighted by Gasteiger charge is 2.46. The van der Waals surface area contributed by atoms with Gasteiger partial charge < -0.3 is 4.57 Å². The summed E-state index contributed by atoms with van der Waals surface area (Å²) >= 11 is 0. The van der Waals surface area contributed by atoms with E-state index in [1.54, 1.807) is 0 Å². The van der Waals surface area contributed by atoms with Crippen LogP contribution in [0.2, 0.25) is 0 Å². The van der Waals surface area contributed by atoms with Gasteiger partial charge in [-0.15, -0.1) is 0 Å². The first-order valence-corrected chi connectivity index (χ1v) is 7.93. The SMILES string of the molecule is CC(C)[C@@H]1C[C@H]1c1ccc2nc3n(c2c1)[C@H](C(F)(F)F)CC3. The molecule has 1 fully saturated rings. The molecule has 0 N–H and O–H groups in total. The number of imidazole rings is 1. The second-order valence-corrected chi connectivity index (χ2v) is 6.99. The van der Waals surface area contributed by atoms with Crippen molar-refractivity contribution in [2.45, 2.75) is 51.2 Å². The smallest absolute Gasteiger partial charge is 0.316 e. The maximum Gasteiger partial charge on any atom is 0.409 e. The van der Waals surface area contributed by atoms with Gasteiger partial charge in [0.2, 0.25) is 0 Å². The third kappa shape index (κ3) is 2.05. The molecule has 0 radical (unpaired) electrons. The molecule has 1 aliphatic carbocycles. The lowest BCUT2D eigenvalue weighted by molar-refractivity contribution is -0.164. The Kier molecular flexibility index (Phi) is 2.88. The van der Waals surface area contributed by atoms with Crippen LogP contribution in [-0.4, -0.2) is 15.7 Å². The molecule has 1 aromatic heterocycles. The second kappa shape index (κ2) is 4.49. The van der Waals surface area contributed by atoms with Crippen LogP contribution >= 0.6 is 0 Å². The normalized spacial score (nSPS) is 27.6. The molecule has 2 aromatic rings. The predicted octanol–water partition coefficient (Wildman–Crippen LogP) is 4.85. The van der Waals surface area contributed by atoms with E-state index < -0.39 is 12.2 Å². The molecule has 2 heterocycles. The summed E-state index contributed by atoms with van der Waals surface area (Å²) < 4.78 is 41.1. The van der Waals surface area contributed by atoms with Crippen LogP contribution in [0.3, 0.4) is 0 Å². The molecule has 0 unspecified atom stereocenters. The first kappa shape index (κ1) is 14.1. The minimum atomic E-state index is -4.20. The molecule has 0 bridgehead atoms. The summed E-state index contributed by atoms with van der Waals surface area (Å²) in [6.07, 6.45) is -2.53. The lowest BCUT2D eigenvalue weighted by atomic mass is 10.0. The van der Waals surface area contributed by atoms with Gasteiger partial charge in [0.25, 0.3) is 0 Å². The van der Waals surface area contributed by atoms with Gasteiger partial charge in [0.05, 0.1) is 11.0 Å². The number of halogens is 3. The largest absolute Gasteiger partial charge is 0.409 e. The molecule has 5 heteroatoms. The number of rotatable bonds is 2. The topological polar surface area (TPSA) is 17.8 Å². The second-order valence-electron chi connectivity index (χ2n) is 6.99. The minimum Gasteiger partial charge on any atom is -0.316 e. The third-order valence-corrected chi connectivity index (χ3v) is 5.24. The van der Waals surface area contributed by atoms with Crippen molar-refractivity contribution in [3.8, 4) is 0 Å². The Hall–Kier alpha value is -1.52. The lowest BCUT2D eigenvalue weighted by Crippen LogP contribution is -2.23. The van der Waals surface area contributed by atoms with Crippen molar-refractivity contribution >= 4 is 11.0 Å². The van der Waals surface area contributed by atoms with Crippen LogP contribution in [0.5, 0.6) is 0 Å². The highest BCUT2D eigenvalue weighted by atomic mass is 19.4. The highest BCUT2D eigenvalue weighted by Crippen LogP contribution is 2.52. The van der Waals surface area contributed by atoms with Crippen LogP contribution in [0, 0.1) is 11.8 Å². The van der Waals surface area contributed by atoms with E-state index in [0.717, 1.165) is 6.42 Å². The zero-order valence-corrected chi connectivity index (χ0v) is 12.7. The van der Waals surface area contributed by atoms with E-state index in [4.69, 9.17) is 0 Å². The van der Waals surface area contributed by atoms with Gasteiger partial charge in [-0.2, -0.15) is 13.2 Å². The van der Waals surface area contributed by atoms with E-state index >= 15 is 0 Å². The van der Waals surface area contributed by atoms with Gasteiger partial charge in [-0.05, 0) is 48.3 Å². The molecule has 118 valence electrons. The number of fused-ring (bicyclic) bond motifs is 3. The third-order valence-electron chi connectivity index (χ3n) is 5.24. The lowest BCUT2D eigenvalue weighted by Gasteiger charge is -2.18. The molecule has 2 aliphatic rings. The van der Waals surface area contributed by atoms with E-state index in [1.165, 1.54) is 10.1 Å². The fraction of sp³-hybridized carbons (Fsp3) is 0.588. The van der Waals surface area contributed by atoms with Gasteiger partial charge >= 0.3 is 6.18 Å². The maximum absolute atomic E-state index is 13.2. The van der Waals surface area contributed by atoms with Crippen molar-refractivity contribution in [3.05, 3.63) is 29.6 Å². The Morgan fingerprint density at radius 2 is 2.05 bits per heavy atom. The molecule has 1 aliphatic heterocycles. The van der Waals surface area contributed by atoms with Crippen LogP contribution in [-0.2, 0) is 6.42 Å². The van der Waals surface area contributed by atoms with Crippen molar-refractivity contribution in [1.82, 2.24) is 9.55 Å². The van der Waals surface area contributed by atoms with Gasteiger partial charge in [0.1, 0.15) is 11.9 Å². The van der Waals surface area contributed by atoms with Crippen LogP contribution in [0.25, 0.3) is 11.0 Å². The van der Waals surface area contributed by atoms with Gasteiger partial charge in [0.15, 0.2) is 0 Å². The van der Waals surface area contributed by atoms with Gasteiger partial charge in [-0.25, -0.2) is 4.98 Å². The predicted molar refractivity (Wildman–Crippen MR) is 78.8 cm³/mol. The Morgan fingerprint density at radius 1 is 1.27 bits per heavy atom. The van der Waals surface area contributed by atoms with Crippen LogP contribution in [0.4, 0.5) is 13.2 Å². The Bertz CT molecular complexity index is 729. The minimum absolute atomic E-state index is 0.115. The Balaban J connectivity index is 1.77. The number of aromatic nitrogens is 2. The quantitative estimate of drug-likeness (QED) is 0.776. The molecular formula is C17H19F3N2. The summed E-state index contributed by atoms with van der Waals surface area (Å²) in [5.74, 6) is 2.36. The number of aryl methyl sites for hydroxylation is 1. The Morgan fingerprint density at radius 3 is 2.68 bits per heavy atom. The van der Waals surface area contributed by atoms with E-state index in [0.29, 0.717) is 41.0 Å². The summed E-state index contributed by atoms with van der Waals surface area (Å²) in [7, 11) is 0.